The smallest absolute Gasteiger partial charge is 0.251 e. The first-order valence-electron chi connectivity index (χ1n) is 8.74. The lowest BCUT2D eigenvalue weighted by Crippen LogP contribution is -2.37. The molecular formula is C18H24N4O2S. The van der Waals surface area contributed by atoms with Crippen LogP contribution in [0.15, 0.2) is 24.3 Å². The van der Waals surface area contributed by atoms with Crippen molar-refractivity contribution in [3.8, 4) is 5.75 Å². The molecule has 1 saturated heterocycles. The SMILES string of the molecule is Cc1nsnc1COc1cccc(C(=O)NCCN2CCCCC2)c1. The summed E-state index contributed by atoms with van der Waals surface area (Å²) >= 11 is 1.18. The van der Waals surface area contributed by atoms with E-state index >= 15 is 0 Å². The average Bonchev–Trinajstić information content (AvgIpc) is 3.06. The van der Waals surface area contributed by atoms with Crippen molar-refractivity contribution in [2.24, 2.45) is 0 Å². The van der Waals surface area contributed by atoms with Gasteiger partial charge in [0.15, 0.2) is 0 Å². The maximum absolute atomic E-state index is 12.3. The van der Waals surface area contributed by atoms with Crippen LogP contribution in [-0.2, 0) is 6.61 Å². The van der Waals surface area contributed by atoms with Crippen molar-refractivity contribution < 1.29 is 9.53 Å². The molecule has 1 amide bonds. The topological polar surface area (TPSA) is 67.3 Å². The monoisotopic (exact) mass is 360 g/mol. The van der Waals surface area contributed by atoms with E-state index in [1.165, 1.54) is 31.0 Å². The summed E-state index contributed by atoms with van der Waals surface area (Å²) in [4.78, 5) is 14.7. The number of likely N-dealkylation sites (tertiary alicyclic amines) is 1. The maximum atomic E-state index is 12.3. The summed E-state index contributed by atoms with van der Waals surface area (Å²) in [6, 6.07) is 7.25. The summed E-state index contributed by atoms with van der Waals surface area (Å²) in [5.74, 6) is 0.602. The third-order valence-electron chi connectivity index (χ3n) is 4.38. The minimum atomic E-state index is -0.0611. The number of carbonyl (C=O) groups is 1. The van der Waals surface area contributed by atoms with Gasteiger partial charge in [0.25, 0.3) is 5.91 Å². The van der Waals surface area contributed by atoms with E-state index in [0.717, 1.165) is 31.0 Å². The van der Waals surface area contributed by atoms with Crippen molar-refractivity contribution in [2.75, 3.05) is 26.2 Å². The normalized spacial score (nSPS) is 15.1. The summed E-state index contributed by atoms with van der Waals surface area (Å²) in [6.07, 6.45) is 3.86. The molecule has 25 heavy (non-hydrogen) atoms. The highest BCUT2D eigenvalue weighted by atomic mass is 32.1. The Morgan fingerprint density at radius 3 is 2.88 bits per heavy atom. The van der Waals surface area contributed by atoms with Crippen LogP contribution in [0, 0.1) is 6.92 Å². The van der Waals surface area contributed by atoms with Crippen LogP contribution in [0.2, 0.25) is 0 Å². The molecule has 6 nitrogen and oxygen atoms in total. The Labute approximate surface area is 152 Å². The van der Waals surface area contributed by atoms with Crippen molar-refractivity contribution >= 4 is 17.6 Å². The molecule has 0 spiro atoms. The molecule has 0 radical (unpaired) electrons. The lowest BCUT2D eigenvalue weighted by Gasteiger charge is -2.26. The molecule has 1 aliphatic rings. The number of carbonyl (C=O) groups excluding carboxylic acids is 1. The fourth-order valence-electron chi connectivity index (χ4n) is 2.87. The zero-order valence-electron chi connectivity index (χ0n) is 14.5. The number of aryl methyl sites for hydroxylation is 1. The molecule has 0 atom stereocenters. The lowest BCUT2D eigenvalue weighted by atomic mass is 10.1. The quantitative estimate of drug-likeness (QED) is 0.822. The first kappa shape index (κ1) is 17.8. The molecule has 0 aliphatic carbocycles. The summed E-state index contributed by atoms with van der Waals surface area (Å²) < 4.78 is 14.1. The molecule has 134 valence electrons. The molecule has 1 fully saturated rings. The zero-order chi connectivity index (χ0) is 17.5. The van der Waals surface area contributed by atoms with Crippen molar-refractivity contribution in [2.45, 2.75) is 32.8 Å². The molecule has 1 aromatic heterocycles. The van der Waals surface area contributed by atoms with E-state index in [0.29, 0.717) is 24.5 Å². The van der Waals surface area contributed by atoms with E-state index in [9.17, 15) is 4.79 Å². The summed E-state index contributed by atoms with van der Waals surface area (Å²) in [5, 5.41) is 3.00. The minimum Gasteiger partial charge on any atom is -0.487 e. The molecule has 1 aromatic carbocycles. The number of piperidine rings is 1. The molecule has 0 unspecified atom stereocenters. The molecular weight excluding hydrogens is 336 g/mol. The first-order chi connectivity index (χ1) is 12.2. The maximum Gasteiger partial charge on any atom is 0.251 e. The number of nitrogens with one attached hydrogen (secondary N) is 1. The van der Waals surface area contributed by atoms with Gasteiger partial charge in [-0.25, -0.2) is 0 Å². The van der Waals surface area contributed by atoms with Crippen molar-refractivity contribution in [3.05, 3.63) is 41.2 Å². The van der Waals surface area contributed by atoms with Crippen LogP contribution in [0.4, 0.5) is 0 Å². The largest absolute Gasteiger partial charge is 0.487 e. The Bertz CT molecular complexity index is 698. The standard InChI is InChI=1S/C18H24N4O2S/c1-14-17(21-25-20-14)13-24-16-7-5-6-15(12-16)18(23)19-8-11-22-9-3-2-4-10-22/h5-7,12H,2-4,8-11,13H2,1H3,(H,19,23). The summed E-state index contributed by atoms with van der Waals surface area (Å²) in [6.45, 7) is 6.15. The van der Waals surface area contributed by atoms with Gasteiger partial charge < -0.3 is 15.0 Å². The number of nitrogens with zero attached hydrogens (tertiary/aromatic N) is 3. The van der Waals surface area contributed by atoms with Crippen LogP contribution in [0.1, 0.15) is 41.0 Å². The van der Waals surface area contributed by atoms with E-state index in [4.69, 9.17) is 4.74 Å². The summed E-state index contributed by atoms with van der Waals surface area (Å²) in [7, 11) is 0. The highest BCUT2D eigenvalue weighted by Crippen LogP contribution is 2.16. The molecule has 7 heteroatoms. The van der Waals surface area contributed by atoms with Gasteiger partial charge in [0.1, 0.15) is 18.1 Å². The van der Waals surface area contributed by atoms with E-state index in [2.05, 4.69) is 19.0 Å². The Morgan fingerprint density at radius 2 is 2.12 bits per heavy atom. The van der Waals surface area contributed by atoms with Gasteiger partial charge in [0.2, 0.25) is 0 Å². The fourth-order valence-corrected chi connectivity index (χ4v) is 3.42. The van der Waals surface area contributed by atoms with Crippen LogP contribution in [0.3, 0.4) is 0 Å². The second kappa shape index (κ2) is 8.92. The Hall–Kier alpha value is -1.99. The predicted molar refractivity (Wildman–Crippen MR) is 98.0 cm³/mol. The second-order valence-corrected chi connectivity index (χ2v) is 6.80. The van der Waals surface area contributed by atoms with Crippen LogP contribution >= 0.6 is 11.7 Å². The zero-order valence-corrected chi connectivity index (χ0v) is 15.3. The predicted octanol–water partition coefficient (Wildman–Crippen LogP) is 2.64. The Balaban J connectivity index is 1.48. The van der Waals surface area contributed by atoms with E-state index in [1.807, 2.05) is 19.1 Å². The second-order valence-electron chi connectivity index (χ2n) is 6.27. The van der Waals surface area contributed by atoms with Gasteiger partial charge in [-0.05, 0) is 51.1 Å². The number of hydrogen-bond acceptors (Lipinski definition) is 6. The minimum absolute atomic E-state index is 0.0611. The number of rotatable bonds is 7. The molecule has 0 saturated carbocycles. The Morgan fingerprint density at radius 1 is 1.28 bits per heavy atom. The Kier molecular flexibility index (Phi) is 6.36. The van der Waals surface area contributed by atoms with Gasteiger partial charge in [-0.15, -0.1) is 0 Å². The number of benzene rings is 1. The number of aromatic nitrogens is 2. The van der Waals surface area contributed by atoms with Crippen molar-refractivity contribution in [3.63, 3.8) is 0 Å². The van der Waals surface area contributed by atoms with Gasteiger partial charge in [-0.3, -0.25) is 4.79 Å². The summed E-state index contributed by atoms with van der Waals surface area (Å²) in [5.41, 5.74) is 2.34. The highest BCUT2D eigenvalue weighted by Gasteiger charge is 2.11. The first-order valence-corrected chi connectivity index (χ1v) is 9.47. The van der Waals surface area contributed by atoms with Gasteiger partial charge in [-0.2, -0.15) is 8.75 Å². The van der Waals surface area contributed by atoms with Crippen molar-refractivity contribution in [1.29, 1.82) is 0 Å². The van der Waals surface area contributed by atoms with Gasteiger partial charge in [0.05, 0.1) is 17.4 Å². The third-order valence-corrected chi connectivity index (χ3v) is 5.04. The fraction of sp³-hybridized carbons (Fsp3) is 0.500. The molecule has 0 bridgehead atoms. The average molecular weight is 360 g/mol. The highest BCUT2D eigenvalue weighted by molar-refractivity contribution is 6.99. The van der Waals surface area contributed by atoms with E-state index in [-0.39, 0.29) is 5.91 Å². The van der Waals surface area contributed by atoms with Crippen LogP contribution in [-0.4, -0.2) is 45.7 Å². The number of amides is 1. The van der Waals surface area contributed by atoms with Gasteiger partial charge in [-0.1, -0.05) is 12.5 Å². The van der Waals surface area contributed by atoms with E-state index in [1.54, 1.807) is 12.1 Å². The lowest BCUT2D eigenvalue weighted by molar-refractivity contribution is 0.0946. The molecule has 3 rings (SSSR count). The molecule has 1 aliphatic heterocycles. The number of hydrogen-bond donors (Lipinski definition) is 1. The van der Waals surface area contributed by atoms with Crippen LogP contribution < -0.4 is 10.1 Å². The molecule has 1 N–H and O–H groups in total. The van der Waals surface area contributed by atoms with Gasteiger partial charge >= 0.3 is 0 Å². The van der Waals surface area contributed by atoms with Crippen LogP contribution in [0.5, 0.6) is 5.75 Å². The van der Waals surface area contributed by atoms with Crippen molar-refractivity contribution in [1.82, 2.24) is 19.0 Å². The van der Waals surface area contributed by atoms with E-state index < -0.39 is 0 Å². The molecule has 2 aromatic rings. The third kappa shape index (κ3) is 5.24. The van der Waals surface area contributed by atoms with Gasteiger partial charge in [0, 0.05) is 18.7 Å². The number of ether oxygens (including phenoxy) is 1. The van der Waals surface area contributed by atoms with Crippen LogP contribution in [0.25, 0.3) is 0 Å². The molecule has 2 heterocycles.